The average Bonchev–Trinajstić information content (AvgIpc) is 2.25. The second-order valence-electron chi connectivity index (χ2n) is 3.22. The zero-order chi connectivity index (χ0) is 11.3. The number of nitrogens with one attached hydrogen (secondary N) is 1. The second kappa shape index (κ2) is 5.31. The fourth-order valence-electron chi connectivity index (χ4n) is 1.12. The smallest absolute Gasteiger partial charge is 0.226 e. The van der Waals surface area contributed by atoms with Gasteiger partial charge in [0.2, 0.25) is 5.91 Å². The van der Waals surface area contributed by atoms with E-state index in [1.165, 1.54) is 0 Å². The fourth-order valence-corrected chi connectivity index (χ4v) is 1.12. The minimum Gasteiger partial charge on any atom is -0.395 e. The summed E-state index contributed by atoms with van der Waals surface area (Å²) in [5, 5.41) is 11.5. The molecule has 0 fully saturated rings. The van der Waals surface area contributed by atoms with Gasteiger partial charge in [-0.25, -0.2) is 4.98 Å². The summed E-state index contributed by atoms with van der Waals surface area (Å²) in [4.78, 5) is 15.2. The van der Waals surface area contributed by atoms with E-state index in [-0.39, 0.29) is 6.61 Å². The highest BCUT2D eigenvalue weighted by atomic mass is 16.3. The van der Waals surface area contributed by atoms with Gasteiger partial charge in [0.05, 0.1) is 18.2 Å². The summed E-state index contributed by atoms with van der Waals surface area (Å²) in [5.74, 6) is -0.169. The Hall–Kier alpha value is -1.62. The van der Waals surface area contributed by atoms with Gasteiger partial charge in [-0.1, -0.05) is 6.07 Å². The first kappa shape index (κ1) is 11.5. The van der Waals surface area contributed by atoms with Crippen molar-refractivity contribution < 1.29 is 9.90 Å². The van der Waals surface area contributed by atoms with Gasteiger partial charge in [0.15, 0.2) is 0 Å². The number of aromatic nitrogens is 1. The van der Waals surface area contributed by atoms with Crippen molar-refractivity contribution in [2.45, 2.75) is 12.8 Å². The van der Waals surface area contributed by atoms with Crippen molar-refractivity contribution >= 4 is 11.7 Å². The molecule has 1 aromatic heterocycles. The molecule has 1 rings (SSSR count). The minimum absolute atomic E-state index is 0.0390. The van der Waals surface area contributed by atoms with Crippen molar-refractivity contribution in [1.29, 1.82) is 0 Å². The van der Waals surface area contributed by atoms with Gasteiger partial charge in [0.1, 0.15) is 5.82 Å². The number of nitrogens with two attached hydrogens (primary N) is 1. The Morgan fingerprint density at radius 2 is 2.40 bits per heavy atom. The largest absolute Gasteiger partial charge is 0.395 e. The highest BCUT2D eigenvalue weighted by molar-refractivity contribution is 5.80. The maximum absolute atomic E-state index is 10.9. The van der Waals surface area contributed by atoms with Crippen LogP contribution >= 0.6 is 0 Å². The normalized spacial score (nSPS) is 12.1. The molecule has 5 nitrogen and oxygen atoms in total. The van der Waals surface area contributed by atoms with Gasteiger partial charge in [0.25, 0.3) is 0 Å². The van der Waals surface area contributed by atoms with Crippen LogP contribution in [0.3, 0.4) is 0 Å². The molecule has 15 heavy (non-hydrogen) atoms. The third-order valence-corrected chi connectivity index (χ3v) is 2.06. The molecule has 1 heterocycles. The van der Waals surface area contributed by atoms with E-state index >= 15 is 0 Å². The summed E-state index contributed by atoms with van der Waals surface area (Å²) < 4.78 is 0. The Balaban J connectivity index is 2.77. The van der Waals surface area contributed by atoms with Gasteiger partial charge in [-0.15, -0.1) is 0 Å². The van der Waals surface area contributed by atoms with E-state index in [9.17, 15) is 4.79 Å². The van der Waals surface area contributed by atoms with Crippen molar-refractivity contribution in [3.05, 3.63) is 23.9 Å². The number of aliphatic hydroxyl groups excluding tert-OH is 1. The van der Waals surface area contributed by atoms with Gasteiger partial charge < -0.3 is 16.2 Å². The van der Waals surface area contributed by atoms with E-state index in [0.717, 1.165) is 0 Å². The molecule has 0 radical (unpaired) electrons. The summed E-state index contributed by atoms with van der Waals surface area (Å²) in [6.07, 6.45) is 0. The van der Waals surface area contributed by atoms with Gasteiger partial charge >= 0.3 is 0 Å². The number of primary amides is 1. The molecule has 0 saturated heterocycles. The Morgan fingerprint density at radius 3 is 3.00 bits per heavy atom. The van der Waals surface area contributed by atoms with Crippen LogP contribution in [0, 0.1) is 0 Å². The first-order valence-electron chi connectivity index (χ1n) is 4.76. The lowest BCUT2D eigenvalue weighted by molar-refractivity contribution is -0.119. The fraction of sp³-hybridized carbons (Fsp3) is 0.400. The van der Waals surface area contributed by atoms with Crippen molar-refractivity contribution in [3.8, 4) is 0 Å². The van der Waals surface area contributed by atoms with Gasteiger partial charge in [-0.2, -0.15) is 0 Å². The van der Waals surface area contributed by atoms with E-state index in [1.54, 1.807) is 25.1 Å². The monoisotopic (exact) mass is 209 g/mol. The summed E-state index contributed by atoms with van der Waals surface area (Å²) in [6.45, 7) is 2.18. The third kappa shape index (κ3) is 3.21. The number of hydrogen-bond acceptors (Lipinski definition) is 4. The van der Waals surface area contributed by atoms with Crippen LogP contribution in [-0.4, -0.2) is 29.1 Å². The molecule has 0 spiro atoms. The first-order chi connectivity index (χ1) is 7.15. The number of carbonyl (C=O) groups is 1. The number of hydrogen-bond donors (Lipinski definition) is 3. The Kier molecular flexibility index (Phi) is 4.05. The Labute approximate surface area is 88.3 Å². The van der Waals surface area contributed by atoms with Crippen LogP contribution in [0.15, 0.2) is 18.2 Å². The molecule has 1 aromatic rings. The second-order valence-corrected chi connectivity index (χ2v) is 3.22. The third-order valence-electron chi connectivity index (χ3n) is 2.06. The topological polar surface area (TPSA) is 88.2 Å². The quantitative estimate of drug-likeness (QED) is 0.640. The van der Waals surface area contributed by atoms with Crippen molar-refractivity contribution in [3.63, 3.8) is 0 Å². The number of carbonyl (C=O) groups excluding carboxylic acids is 1. The number of aliphatic hydroxyl groups is 1. The molecule has 1 unspecified atom stereocenters. The lowest BCUT2D eigenvalue weighted by atomic mass is 10.1. The molecule has 0 saturated carbocycles. The number of amides is 1. The van der Waals surface area contributed by atoms with Crippen LogP contribution in [0.5, 0.6) is 0 Å². The summed E-state index contributed by atoms with van der Waals surface area (Å²) in [7, 11) is 0. The number of nitrogens with zero attached hydrogens (tertiary/aromatic N) is 1. The molecule has 0 aliphatic heterocycles. The van der Waals surface area contributed by atoms with Crippen LogP contribution in [0.25, 0.3) is 0 Å². The molecule has 5 heteroatoms. The predicted molar refractivity (Wildman–Crippen MR) is 57.4 cm³/mol. The number of rotatable bonds is 5. The van der Waals surface area contributed by atoms with E-state index in [0.29, 0.717) is 18.1 Å². The molecular formula is C10H15N3O2. The van der Waals surface area contributed by atoms with E-state index < -0.39 is 11.8 Å². The Morgan fingerprint density at radius 1 is 1.67 bits per heavy atom. The van der Waals surface area contributed by atoms with Gasteiger partial charge in [0, 0.05) is 6.54 Å². The van der Waals surface area contributed by atoms with Crippen LogP contribution in [0.2, 0.25) is 0 Å². The van der Waals surface area contributed by atoms with Crippen LogP contribution in [0.4, 0.5) is 5.82 Å². The molecule has 0 aliphatic carbocycles. The Bertz CT molecular complexity index is 341. The molecular weight excluding hydrogens is 194 g/mol. The van der Waals surface area contributed by atoms with E-state index in [1.807, 2.05) is 0 Å². The van der Waals surface area contributed by atoms with E-state index in [4.69, 9.17) is 10.8 Å². The van der Waals surface area contributed by atoms with Crippen molar-refractivity contribution in [1.82, 2.24) is 4.98 Å². The zero-order valence-corrected chi connectivity index (χ0v) is 8.60. The zero-order valence-electron chi connectivity index (χ0n) is 8.60. The predicted octanol–water partition coefficient (Wildman–Crippen LogP) is 0.0746. The standard InChI is InChI=1S/C10H15N3O2/c1-7(10(11)15)8-3-2-4-9(13-8)12-5-6-14/h2-4,7,14H,5-6H2,1H3,(H2,11,15)(H,12,13). The number of anilines is 1. The first-order valence-corrected chi connectivity index (χ1v) is 4.76. The number of pyridine rings is 1. The maximum Gasteiger partial charge on any atom is 0.226 e. The summed E-state index contributed by atoms with van der Waals surface area (Å²) >= 11 is 0. The SMILES string of the molecule is CC(C(N)=O)c1cccc(NCCO)n1. The molecule has 0 aromatic carbocycles. The minimum atomic E-state index is -0.402. The lowest BCUT2D eigenvalue weighted by Gasteiger charge is -2.09. The van der Waals surface area contributed by atoms with Gasteiger partial charge in [-0.05, 0) is 19.1 Å². The molecule has 0 bridgehead atoms. The van der Waals surface area contributed by atoms with Crippen LogP contribution < -0.4 is 11.1 Å². The highest BCUT2D eigenvalue weighted by Gasteiger charge is 2.12. The van der Waals surface area contributed by atoms with Crippen LogP contribution in [-0.2, 0) is 4.79 Å². The van der Waals surface area contributed by atoms with Crippen molar-refractivity contribution in [2.75, 3.05) is 18.5 Å². The molecule has 0 aliphatic rings. The average molecular weight is 209 g/mol. The summed E-state index contributed by atoms with van der Waals surface area (Å²) in [5.41, 5.74) is 5.81. The maximum atomic E-state index is 10.9. The summed E-state index contributed by atoms with van der Waals surface area (Å²) in [6, 6.07) is 5.31. The molecule has 1 atom stereocenters. The molecule has 82 valence electrons. The lowest BCUT2D eigenvalue weighted by Crippen LogP contribution is -2.20. The molecule has 4 N–H and O–H groups in total. The van der Waals surface area contributed by atoms with Gasteiger partial charge in [-0.3, -0.25) is 4.79 Å². The highest BCUT2D eigenvalue weighted by Crippen LogP contribution is 2.14. The van der Waals surface area contributed by atoms with Crippen molar-refractivity contribution in [2.24, 2.45) is 5.73 Å². The van der Waals surface area contributed by atoms with Crippen LogP contribution in [0.1, 0.15) is 18.5 Å². The molecule has 1 amide bonds. The van der Waals surface area contributed by atoms with E-state index in [2.05, 4.69) is 10.3 Å².